The Morgan fingerprint density at radius 2 is 1.15 bits per heavy atom. The molecule has 0 aliphatic rings. The first-order valence-corrected chi connectivity index (χ1v) is 14.3. The molecule has 0 N–H and O–H groups in total. The number of nitrogens with zero attached hydrogens (tertiary/aromatic N) is 3. The van der Waals surface area contributed by atoms with E-state index in [0.717, 1.165) is 15.9 Å². The summed E-state index contributed by atoms with van der Waals surface area (Å²) in [5.74, 6) is -2.65. The lowest BCUT2D eigenvalue weighted by Crippen LogP contribution is -2.39. The lowest BCUT2D eigenvalue weighted by molar-refractivity contribution is -0.135. The number of hydrogen-bond acceptors (Lipinski definition) is 5. The van der Waals surface area contributed by atoms with E-state index >= 15 is 0 Å². The van der Waals surface area contributed by atoms with Crippen molar-refractivity contribution in [2.45, 2.75) is 12.8 Å². The minimum Gasteiger partial charge on any atom is -0.463 e. The molecular weight excluding hydrogens is 501 g/mol. The van der Waals surface area contributed by atoms with Gasteiger partial charge in [0.1, 0.15) is 5.92 Å². The maximum Gasteiger partial charge on any atom is 0.335 e. The maximum atomic E-state index is 14.3. The van der Waals surface area contributed by atoms with Gasteiger partial charge in [0.2, 0.25) is 0 Å². The predicted octanol–water partition coefficient (Wildman–Crippen LogP) is 5.03. The van der Waals surface area contributed by atoms with Gasteiger partial charge in [0.15, 0.2) is 0 Å². The zero-order chi connectivity index (χ0) is 27.7. The highest BCUT2D eigenvalue weighted by atomic mass is 31.2. The molecule has 0 heterocycles. The van der Waals surface area contributed by atoms with E-state index in [-0.39, 0.29) is 6.61 Å². The zero-order valence-electron chi connectivity index (χ0n) is 21.4. The van der Waals surface area contributed by atoms with Gasteiger partial charge in [0.05, 0.1) is 35.7 Å². The van der Waals surface area contributed by atoms with Crippen LogP contribution in [0.3, 0.4) is 0 Å². The van der Waals surface area contributed by atoms with Crippen molar-refractivity contribution in [3.05, 3.63) is 126 Å². The van der Waals surface area contributed by atoms with E-state index in [1.54, 1.807) is 31.2 Å². The summed E-state index contributed by atoms with van der Waals surface area (Å²) in [6.45, 7) is -1.12. The van der Waals surface area contributed by atoms with E-state index in [9.17, 15) is 20.6 Å². The van der Waals surface area contributed by atoms with E-state index in [4.69, 9.17) is 4.74 Å². The normalized spacial score (nSPS) is 11.5. The van der Waals surface area contributed by atoms with E-state index in [1.165, 1.54) is 0 Å². The number of rotatable bonds is 8. The van der Waals surface area contributed by atoms with Crippen LogP contribution in [0.2, 0.25) is 0 Å². The van der Waals surface area contributed by atoms with Crippen LogP contribution >= 0.6 is 6.89 Å². The fourth-order valence-corrected chi connectivity index (χ4v) is 9.59. The first-order valence-electron chi connectivity index (χ1n) is 12.5. The summed E-state index contributed by atoms with van der Waals surface area (Å²) in [6.07, 6.45) is 0. The van der Waals surface area contributed by atoms with Gasteiger partial charge in [-0.25, -0.2) is 4.79 Å². The minimum absolute atomic E-state index is 0.130. The van der Waals surface area contributed by atoms with Crippen molar-refractivity contribution in [2.75, 3.05) is 6.61 Å². The van der Waals surface area contributed by atoms with Gasteiger partial charge in [-0.3, -0.25) is 0 Å². The molecule has 0 amide bonds. The van der Waals surface area contributed by atoms with Crippen molar-refractivity contribution in [3.8, 4) is 18.2 Å². The van der Waals surface area contributed by atoms with Crippen molar-refractivity contribution in [2.24, 2.45) is 5.92 Å². The summed E-state index contributed by atoms with van der Waals surface area (Å²) in [5.41, 5.74) is 1.04. The van der Waals surface area contributed by atoms with E-state index in [1.807, 2.05) is 91.0 Å². The summed E-state index contributed by atoms with van der Waals surface area (Å²) < 4.78 is 5.74. The second kappa shape index (κ2) is 12.6. The van der Waals surface area contributed by atoms with Crippen LogP contribution in [0.25, 0.3) is 0 Å². The molecule has 1 atom stereocenters. The Morgan fingerprint density at radius 1 is 0.718 bits per heavy atom. The first kappa shape index (κ1) is 27.2. The molecule has 0 radical (unpaired) electrons. The highest BCUT2D eigenvalue weighted by molar-refractivity contribution is 7.96. The standard InChI is InChI=1S/C33H26N3O2P/c1-2-38-33(37)32(31(27(23-35)24-36)26-20-18-25(22-34)19-21-26)39(28-12-6-3-7-13-28,29-14-8-4-9-15-29)30-16-10-5-11-17-30/h3-21,27,31H,2H2,1H3. The Bertz CT molecular complexity index is 1500. The lowest BCUT2D eigenvalue weighted by atomic mass is 9.84. The molecule has 4 aromatic carbocycles. The van der Waals surface area contributed by atoms with Crippen molar-refractivity contribution in [1.29, 1.82) is 15.8 Å². The smallest absolute Gasteiger partial charge is 0.335 e. The van der Waals surface area contributed by atoms with Crippen LogP contribution in [0, 0.1) is 39.9 Å². The Kier molecular flexibility index (Phi) is 8.76. The quantitative estimate of drug-likeness (QED) is 0.236. The van der Waals surface area contributed by atoms with Gasteiger partial charge in [-0.1, -0.05) is 103 Å². The molecule has 0 aliphatic carbocycles. The molecular formula is C33H26N3O2P. The third-order valence-corrected chi connectivity index (χ3v) is 11.0. The topological polar surface area (TPSA) is 97.7 Å². The van der Waals surface area contributed by atoms with Gasteiger partial charge in [-0.05, 0) is 47.4 Å². The Hall–Kier alpha value is -4.88. The number of esters is 1. The third kappa shape index (κ3) is 5.26. The summed E-state index contributed by atoms with van der Waals surface area (Å²) in [6, 6.07) is 42.5. The van der Waals surface area contributed by atoms with Gasteiger partial charge >= 0.3 is 5.97 Å². The molecule has 0 bridgehead atoms. The van der Waals surface area contributed by atoms with Crippen molar-refractivity contribution in [3.63, 3.8) is 0 Å². The molecule has 0 saturated heterocycles. The first-order chi connectivity index (χ1) is 19.1. The van der Waals surface area contributed by atoms with E-state index < -0.39 is 24.7 Å². The van der Waals surface area contributed by atoms with Gasteiger partial charge in [0, 0.05) is 5.92 Å². The number of carbonyl (C=O) groups is 1. The molecule has 0 fully saturated rings. The molecule has 0 aliphatic heterocycles. The SMILES string of the molecule is CCOC(=O)C(C(c1ccc(C#N)cc1)C(C#N)C#N)=P(c1ccccc1)(c1ccccc1)c1ccccc1. The number of hydrogen-bond donors (Lipinski definition) is 0. The number of ether oxygens (including phenoxy) is 1. The van der Waals surface area contributed by atoms with Crippen LogP contribution in [0.4, 0.5) is 0 Å². The zero-order valence-corrected chi connectivity index (χ0v) is 22.3. The van der Waals surface area contributed by atoms with Crippen LogP contribution in [0.15, 0.2) is 115 Å². The van der Waals surface area contributed by atoms with Crippen LogP contribution in [-0.2, 0) is 9.53 Å². The van der Waals surface area contributed by atoms with Crippen LogP contribution in [0.5, 0.6) is 0 Å². The largest absolute Gasteiger partial charge is 0.463 e. The predicted molar refractivity (Wildman–Crippen MR) is 155 cm³/mol. The Balaban J connectivity index is 2.33. The second-order valence-corrected chi connectivity index (χ2v) is 12.1. The molecule has 0 spiro atoms. The van der Waals surface area contributed by atoms with E-state index in [0.29, 0.717) is 16.4 Å². The summed E-state index contributed by atoms with van der Waals surface area (Å²) in [4.78, 5) is 14.3. The molecule has 4 aromatic rings. The molecule has 0 saturated carbocycles. The van der Waals surface area contributed by atoms with Crippen LogP contribution in [-0.4, -0.2) is 17.9 Å². The summed E-state index contributed by atoms with van der Waals surface area (Å²) >= 11 is 0. The fraction of sp³-hybridized carbons (Fsp3) is 0.121. The summed E-state index contributed by atoms with van der Waals surface area (Å²) in [7, 11) is 0. The van der Waals surface area contributed by atoms with Crippen molar-refractivity contribution in [1.82, 2.24) is 0 Å². The third-order valence-electron chi connectivity index (χ3n) is 6.58. The van der Waals surface area contributed by atoms with E-state index in [2.05, 4.69) is 18.2 Å². The molecule has 190 valence electrons. The van der Waals surface area contributed by atoms with Gasteiger partial charge < -0.3 is 4.74 Å². The molecule has 6 heteroatoms. The Labute approximate surface area is 229 Å². The monoisotopic (exact) mass is 527 g/mol. The van der Waals surface area contributed by atoms with Gasteiger partial charge in [-0.15, -0.1) is 0 Å². The average Bonchev–Trinajstić information content (AvgIpc) is 3.00. The highest BCUT2D eigenvalue weighted by Crippen LogP contribution is 2.50. The van der Waals surface area contributed by atoms with Gasteiger partial charge in [0.25, 0.3) is 0 Å². The number of nitriles is 3. The molecule has 5 nitrogen and oxygen atoms in total. The summed E-state index contributed by atoms with van der Waals surface area (Å²) in [5, 5.41) is 32.9. The average molecular weight is 528 g/mol. The van der Waals surface area contributed by atoms with Crippen LogP contribution < -0.4 is 15.9 Å². The highest BCUT2D eigenvalue weighted by Gasteiger charge is 2.41. The lowest BCUT2D eigenvalue weighted by Gasteiger charge is -2.35. The molecule has 39 heavy (non-hydrogen) atoms. The van der Waals surface area contributed by atoms with Gasteiger partial charge in [-0.2, -0.15) is 15.8 Å². The molecule has 0 aromatic heterocycles. The number of benzene rings is 4. The fourth-order valence-electron chi connectivity index (χ4n) is 4.95. The minimum atomic E-state index is -2.99. The molecule has 1 unspecified atom stereocenters. The second-order valence-electron chi connectivity index (χ2n) is 8.73. The van der Waals surface area contributed by atoms with Crippen LogP contribution in [0.1, 0.15) is 24.0 Å². The Morgan fingerprint density at radius 3 is 1.51 bits per heavy atom. The number of carbonyl (C=O) groups excluding carboxylic acids is 1. The maximum absolute atomic E-state index is 14.3. The molecule has 4 rings (SSSR count). The van der Waals surface area contributed by atoms with Crippen molar-refractivity contribution >= 4 is 34.1 Å². The van der Waals surface area contributed by atoms with Crippen molar-refractivity contribution < 1.29 is 9.53 Å².